The van der Waals surface area contributed by atoms with Crippen molar-refractivity contribution in [2.75, 3.05) is 0 Å². The van der Waals surface area contributed by atoms with Gasteiger partial charge in [-0.1, -0.05) is 71.4 Å². The first-order valence-electron chi connectivity index (χ1n) is 12.9. The first kappa shape index (κ1) is 32.4. The minimum absolute atomic E-state index is 0. The molecule has 5 aromatic rings. The number of aryl methyl sites for hydroxylation is 2. The molecule has 204 valence electrons. The molecule has 2 aromatic carbocycles. The normalized spacial score (nSPS) is 10.4. The Bertz CT molecular complexity index is 1300. The van der Waals surface area contributed by atoms with Gasteiger partial charge in [0.05, 0.1) is 0 Å². The molecular weight excluding hydrogens is 669 g/mol. The van der Waals surface area contributed by atoms with E-state index in [1.54, 1.807) is 18.6 Å². The standard InChI is InChI=1S/2C12H10N.C11H15N2.Ir/c2*1-10-5-7-11(8-6-10)12-4-2-3-9-13-12;1-11(2,3)7-9-13-10-6-4-5-8-12-10;/h2*2-7,9H,1H3;4-6,8H,7H2,1-3H3;/q3*-1;+3. The molecule has 0 saturated carbocycles. The predicted molar refractivity (Wildman–Crippen MR) is 162 cm³/mol. The van der Waals surface area contributed by atoms with Crippen LogP contribution >= 0.6 is 0 Å². The van der Waals surface area contributed by atoms with Crippen LogP contribution in [0.5, 0.6) is 0 Å². The minimum atomic E-state index is 0. The maximum atomic E-state index is 4.25. The molecule has 0 bridgehead atoms. The van der Waals surface area contributed by atoms with Crippen LogP contribution in [0.3, 0.4) is 0 Å². The second kappa shape index (κ2) is 17.0. The molecule has 0 unspecified atom stereocenters. The molecule has 3 aromatic heterocycles. The molecular formula is C35H35IrN4. The Labute approximate surface area is 253 Å². The van der Waals surface area contributed by atoms with E-state index >= 15 is 0 Å². The second-order valence-electron chi connectivity index (χ2n) is 10.2. The maximum Gasteiger partial charge on any atom is 3.00 e. The quantitative estimate of drug-likeness (QED) is 0.139. The molecule has 0 aliphatic heterocycles. The monoisotopic (exact) mass is 704 g/mol. The van der Waals surface area contributed by atoms with Crippen molar-refractivity contribution in [2.24, 2.45) is 10.4 Å². The van der Waals surface area contributed by atoms with Crippen LogP contribution in [0, 0.1) is 31.4 Å². The van der Waals surface area contributed by atoms with Gasteiger partial charge in [-0.15, -0.1) is 76.9 Å². The van der Waals surface area contributed by atoms with Crippen LogP contribution in [0.25, 0.3) is 22.5 Å². The van der Waals surface area contributed by atoms with Crippen LogP contribution in [-0.4, -0.2) is 21.2 Å². The van der Waals surface area contributed by atoms with E-state index in [0.717, 1.165) is 34.8 Å². The smallest absolute Gasteiger partial charge is 0.440 e. The van der Waals surface area contributed by atoms with Gasteiger partial charge in [0.2, 0.25) is 0 Å². The summed E-state index contributed by atoms with van der Waals surface area (Å²) in [4.78, 5) is 16.7. The van der Waals surface area contributed by atoms with Gasteiger partial charge in [0.15, 0.2) is 0 Å². The van der Waals surface area contributed by atoms with E-state index in [-0.39, 0.29) is 25.5 Å². The summed E-state index contributed by atoms with van der Waals surface area (Å²) in [5.74, 6) is 0.728. The SMILES string of the molecule is CC(C)(C)C[C-]=Nc1ccccn1.Cc1c[c-]c(-c2ccccn2)cc1.Cc1c[c-]c(-c2ccccn2)cc1.[Ir+3]. The van der Waals surface area contributed by atoms with Crippen molar-refractivity contribution in [1.29, 1.82) is 0 Å². The van der Waals surface area contributed by atoms with Crippen molar-refractivity contribution in [3.8, 4) is 22.5 Å². The summed E-state index contributed by atoms with van der Waals surface area (Å²) in [5.41, 5.74) is 6.74. The summed E-state index contributed by atoms with van der Waals surface area (Å²) in [7, 11) is 0. The Balaban J connectivity index is 0.000000208. The predicted octanol–water partition coefficient (Wildman–Crippen LogP) is 8.81. The Morgan fingerprint density at radius 3 is 1.48 bits per heavy atom. The van der Waals surface area contributed by atoms with Crippen LogP contribution in [0.15, 0.2) is 115 Å². The number of rotatable bonds is 4. The average Bonchev–Trinajstić information content (AvgIpc) is 2.95. The van der Waals surface area contributed by atoms with E-state index in [4.69, 9.17) is 0 Å². The second-order valence-corrected chi connectivity index (χ2v) is 10.2. The molecule has 0 aliphatic rings. The third-order valence-corrected chi connectivity index (χ3v) is 5.27. The largest absolute Gasteiger partial charge is 3.00 e. The minimum Gasteiger partial charge on any atom is -0.440 e. The molecule has 0 amide bonds. The molecule has 0 atom stereocenters. The van der Waals surface area contributed by atoms with Crippen molar-refractivity contribution in [2.45, 2.75) is 41.0 Å². The van der Waals surface area contributed by atoms with Crippen molar-refractivity contribution >= 4 is 12.0 Å². The third kappa shape index (κ3) is 12.4. The summed E-state index contributed by atoms with van der Waals surface area (Å²) >= 11 is 0. The van der Waals surface area contributed by atoms with Gasteiger partial charge in [-0.25, -0.2) is 0 Å². The van der Waals surface area contributed by atoms with Crippen molar-refractivity contribution in [1.82, 2.24) is 15.0 Å². The van der Waals surface area contributed by atoms with Crippen molar-refractivity contribution in [3.63, 3.8) is 0 Å². The van der Waals surface area contributed by atoms with Crippen molar-refractivity contribution in [3.05, 3.63) is 133 Å². The number of pyridine rings is 3. The van der Waals surface area contributed by atoms with Crippen molar-refractivity contribution < 1.29 is 20.1 Å². The zero-order chi connectivity index (χ0) is 27.9. The third-order valence-electron chi connectivity index (χ3n) is 5.27. The Hall–Kier alpha value is -3.79. The fourth-order valence-corrected chi connectivity index (χ4v) is 3.15. The first-order valence-corrected chi connectivity index (χ1v) is 12.9. The van der Waals surface area contributed by atoms with Crippen LogP contribution in [0.4, 0.5) is 5.82 Å². The number of hydrogen-bond donors (Lipinski definition) is 0. The molecule has 5 heteroatoms. The van der Waals surface area contributed by atoms with Crippen LogP contribution in [0.1, 0.15) is 38.3 Å². The molecule has 3 heterocycles. The van der Waals surface area contributed by atoms with E-state index in [0.29, 0.717) is 0 Å². The topological polar surface area (TPSA) is 51.0 Å². The van der Waals surface area contributed by atoms with Gasteiger partial charge in [-0.3, -0.25) is 0 Å². The molecule has 5 rings (SSSR count). The van der Waals surface area contributed by atoms with Gasteiger partial charge in [-0.05, 0) is 40.8 Å². The summed E-state index contributed by atoms with van der Waals surface area (Å²) in [5, 5.41) is 0. The molecule has 0 aliphatic carbocycles. The van der Waals surface area contributed by atoms with Crippen LogP contribution in [-0.2, 0) is 20.1 Å². The van der Waals surface area contributed by atoms with Gasteiger partial charge in [0.25, 0.3) is 0 Å². The molecule has 0 fully saturated rings. The van der Waals surface area contributed by atoms with Gasteiger partial charge in [0, 0.05) is 18.6 Å². The molecule has 0 radical (unpaired) electrons. The number of benzene rings is 2. The fraction of sp³-hybridized carbons (Fsp3) is 0.200. The molecule has 0 N–H and O–H groups in total. The van der Waals surface area contributed by atoms with E-state index in [2.05, 4.69) is 85.0 Å². The molecule has 0 spiro atoms. The van der Waals surface area contributed by atoms with Gasteiger partial charge < -0.3 is 19.9 Å². The maximum absolute atomic E-state index is 4.25. The molecule has 4 nitrogen and oxygen atoms in total. The summed E-state index contributed by atoms with van der Waals surface area (Å²) in [6, 6.07) is 36.0. The first-order chi connectivity index (χ1) is 18.8. The van der Waals surface area contributed by atoms with Crippen LogP contribution in [0.2, 0.25) is 0 Å². The number of aromatic nitrogens is 3. The van der Waals surface area contributed by atoms with Gasteiger partial charge in [-0.2, -0.15) is 6.21 Å². The average molecular weight is 704 g/mol. The zero-order valence-electron chi connectivity index (χ0n) is 23.7. The summed E-state index contributed by atoms with van der Waals surface area (Å²) in [6.07, 6.45) is 9.18. The van der Waals surface area contributed by atoms with Gasteiger partial charge >= 0.3 is 20.1 Å². The molecule has 0 saturated heterocycles. The Kier molecular flexibility index (Phi) is 13.8. The summed E-state index contributed by atoms with van der Waals surface area (Å²) < 4.78 is 0. The van der Waals surface area contributed by atoms with E-state index in [9.17, 15) is 0 Å². The summed E-state index contributed by atoms with van der Waals surface area (Å²) in [6.45, 7) is 10.6. The Morgan fingerprint density at radius 2 is 1.12 bits per heavy atom. The van der Waals surface area contributed by atoms with E-state index in [1.165, 1.54) is 11.1 Å². The number of nitrogens with zero attached hydrogens (tertiary/aromatic N) is 4. The van der Waals surface area contributed by atoms with Gasteiger partial charge in [0.1, 0.15) is 0 Å². The Morgan fingerprint density at radius 1 is 0.650 bits per heavy atom. The zero-order valence-corrected chi connectivity index (χ0v) is 26.1. The number of aliphatic imine (C=N–C) groups is 1. The van der Waals surface area contributed by atoms with Crippen LogP contribution < -0.4 is 0 Å². The van der Waals surface area contributed by atoms with E-state index < -0.39 is 0 Å². The van der Waals surface area contributed by atoms with E-state index in [1.807, 2.05) is 78.9 Å². The molecule has 40 heavy (non-hydrogen) atoms. The number of hydrogen-bond acceptors (Lipinski definition) is 4. The fourth-order valence-electron chi connectivity index (χ4n) is 3.15.